The Hall–Kier alpha value is -2.44. The van der Waals surface area contributed by atoms with Gasteiger partial charge in [0, 0.05) is 0 Å². The predicted octanol–water partition coefficient (Wildman–Crippen LogP) is 5.93. The number of halogens is 2. The molecule has 240 valence electrons. The summed E-state index contributed by atoms with van der Waals surface area (Å²) in [6, 6.07) is 42.8. The van der Waals surface area contributed by atoms with E-state index in [0.717, 1.165) is 6.42 Å². The maximum Gasteiger partial charge on any atom is -0.172 e. The molecular formula is C43H48Cl2Zr-2. The summed E-state index contributed by atoms with van der Waals surface area (Å²) in [6.07, 6.45) is 4.99. The van der Waals surface area contributed by atoms with Crippen LogP contribution in [0.2, 0.25) is 0 Å². The predicted molar refractivity (Wildman–Crippen MR) is 189 cm³/mol. The molecule has 1 aliphatic carbocycles. The molecule has 0 heterocycles. The maximum absolute atomic E-state index is 3.88. The number of fused-ring (bicyclic) bond motifs is 3. The summed E-state index contributed by atoms with van der Waals surface area (Å²) in [7, 11) is 0. The van der Waals surface area contributed by atoms with Gasteiger partial charge in [0.25, 0.3) is 0 Å². The molecule has 0 spiro atoms. The van der Waals surface area contributed by atoms with Gasteiger partial charge in [-0.05, 0) is 39.5 Å². The van der Waals surface area contributed by atoms with E-state index in [2.05, 4.69) is 137 Å². The average Bonchev–Trinajstić information content (AvgIpc) is 3.71. The third-order valence-corrected chi connectivity index (χ3v) is 8.79. The van der Waals surface area contributed by atoms with E-state index in [-0.39, 0.29) is 35.6 Å². The van der Waals surface area contributed by atoms with E-state index in [1.807, 2.05) is 30.3 Å². The van der Waals surface area contributed by atoms with Gasteiger partial charge in [0.05, 0.1) is 0 Å². The molecule has 5 aromatic carbocycles. The second kappa shape index (κ2) is 18.2. The number of unbranched alkanes of at least 4 members (excludes halogenated alkanes) is 2. The molecule has 0 aliphatic heterocycles. The molecule has 0 nitrogen and oxygen atoms in total. The molecule has 1 aliphatic rings. The summed E-state index contributed by atoms with van der Waals surface area (Å²) >= 11 is 1.57. The van der Waals surface area contributed by atoms with Crippen molar-refractivity contribution >= 4 is 3.71 Å². The summed E-state index contributed by atoms with van der Waals surface area (Å²) in [6.45, 7) is 16.1. The summed E-state index contributed by atoms with van der Waals surface area (Å²) in [5.41, 5.74) is 13.5. The van der Waals surface area contributed by atoms with Gasteiger partial charge in [-0.3, -0.25) is 0 Å². The summed E-state index contributed by atoms with van der Waals surface area (Å²) in [4.78, 5) is 0. The molecule has 0 fully saturated rings. The Morgan fingerprint density at radius 1 is 0.696 bits per heavy atom. The van der Waals surface area contributed by atoms with E-state index in [1.165, 1.54) is 74.9 Å². The minimum atomic E-state index is 0. The van der Waals surface area contributed by atoms with Gasteiger partial charge < -0.3 is 24.8 Å². The van der Waals surface area contributed by atoms with Crippen molar-refractivity contribution in [3.8, 4) is 33.4 Å². The Balaban J connectivity index is 0.000000485. The molecule has 0 aromatic heterocycles. The molecule has 0 saturated carbocycles. The van der Waals surface area contributed by atoms with Gasteiger partial charge in [-0.2, -0.15) is 18.2 Å². The van der Waals surface area contributed by atoms with Crippen LogP contribution in [0.4, 0.5) is 0 Å². The molecule has 0 unspecified atom stereocenters. The SMILES string of the molecule is CC(C)(C)c1cc2c([c-]c1-c1ccccc1)Cc1cc(-c3ccccc3)c(C(C)(C)C)cc1-2.CCCC[CH]=[Zr+2].[Cl-].[Cl-].c1cc[cH-]c1. The zero-order valence-electron chi connectivity index (χ0n) is 28.6. The molecule has 46 heavy (non-hydrogen) atoms. The normalized spacial score (nSPS) is 11.3. The summed E-state index contributed by atoms with van der Waals surface area (Å²) in [5.74, 6) is 0. The van der Waals surface area contributed by atoms with Crippen LogP contribution in [0.15, 0.2) is 109 Å². The molecule has 5 aromatic rings. The molecule has 0 saturated heterocycles. The van der Waals surface area contributed by atoms with Crippen LogP contribution in [0, 0.1) is 6.07 Å². The van der Waals surface area contributed by atoms with E-state index in [4.69, 9.17) is 0 Å². The minimum Gasteiger partial charge on any atom is -1.00 e. The Morgan fingerprint density at radius 2 is 1.24 bits per heavy atom. The number of benzene rings is 4. The van der Waals surface area contributed by atoms with Gasteiger partial charge >= 0.3 is 54.1 Å². The van der Waals surface area contributed by atoms with Crippen molar-refractivity contribution in [2.75, 3.05) is 0 Å². The second-order valence-electron chi connectivity index (χ2n) is 13.7. The topological polar surface area (TPSA) is 0 Å². The van der Waals surface area contributed by atoms with E-state index >= 15 is 0 Å². The first-order valence-corrected chi connectivity index (χ1v) is 17.5. The summed E-state index contributed by atoms with van der Waals surface area (Å²) in [5, 5.41) is 0. The molecule has 0 amide bonds. The van der Waals surface area contributed by atoms with Crippen molar-refractivity contribution in [1.29, 1.82) is 0 Å². The Kier molecular flexibility index (Phi) is 15.7. The fraction of sp³-hybridized carbons (Fsp3) is 0.302. The largest absolute Gasteiger partial charge is 1.00 e. The monoisotopic (exact) mass is 724 g/mol. The quantitative estimate of drug-likeness (QED) is 0.153. The van der Waals surface area contributed by atoms with Gasteiger partial charge in [0.15, 0.2) is 0 Å². The minimum absolute atomic E-state index is 0. The van der Waals surface area contributed by atoms with E-state index in [1.54, 1.807) is 24.2 Å². The Labute approximate surface area is 306 Å². The number of hydrogen-bond donors (Lipinski definition) is 0. The Morgan fingerprint density at radius 3 is 1.70 bits per heavy atom. The molecule has 3 heteroatoms. The van der Waals surface area contributed by atoms with Crippen LogP contribution in [-0.4, -0.2) is 3.71 Å². The third kappa shape index (κ3) is 10.3. The molecule has 0 bridgehead atoms. The standard InChI is InChI=1S/C33H33.C5H5.C5H10.2ClH.Zr/c1-32(2,3)30-20-26-24(18-28(30)22-13-9-7-10-14-22)17-25-19-29(23-15-11-8-12-16-23)31(21-27(25)26)33(4,5)6;1-2-4-5-3-1;1-3-5-4-2;;;/h7-16,18,20-21H,17H2,1-6H3;1-5H;1H,3-5H2,2H3;2*1H;/q2*-1;;;;+2/p-2. The van der Waals surface area contributed by atoms with Crippen LogP contribution in [0.5, 0.6) is 0 Å². The van der Waals surface area contributed by atoms with Crippen LogP contribution in [0.3, 0.4) is 0 Å². The van der Waals surface area contributed by atoms with Gasteiger partial charge in [-0.25, -0.2) is 12.1 Å². The van der Waals surface area contributed by atoms with Crippen molar-refractivity contribution in [2.24, 2.45) is 0 Å². The van der Waals surface area contributed by atoms with Crippen molar-refractivity contribution in [1.82, 2.24) is 0 Å². The maximum atomic E-state index is 3.88. The van der Waals surface area contributed by atoms with Gasteiger partial charge in [-0.15, -0.1) is 28.8 Å². The zero-order chi connectivity index (χ0) is 31.7. The first-order chi connectivity index (χ1) is 21.0. The molecule has 0 radical (unpaired) electrons. The van der Waals surface area contributed by atoms with Gasteiger partial charge in [0.1, 0.15) is 0 Å². The van der Waals surface area contributed by atoms with E-state index in [9.17, 15) is 0 Å². The molecule has 6 rings (SSSR count). The average molecular weight is 727 g/mol. The van der Waals surface area contributed by atoms with Gasteiger partial charge in [-0.1, -0.05) is 131 Å². The van der Waals surface area contributed by atoms with Crippen molar-refractivity contribution < 1.29 is 49.0 Å². The first kappa shape index (κ1) is 39.7. The number of hydrogen-bond acceptors (Lipinski definition) is 0. The van der Waals surface area contributed by atoms with Crippen LogP contribution in [0.25, 0.3) is 33.4 Å². The molecule has 0 atom stereocenters. The first-order valence-electron chi connectivity index (χ1n) is 16.1. The molecular weight excluding hydrogens is 679 g/mol. The van der Waals surface area contributed by atoms with Crippen molar-refractivity contribution in [3.63, 3.8) is 0 Å². The number of rotatable bonds is 5. The van der Waals surface area contributed by atoms with Crippen LogP contribution < -0.4 is 24.8 Å². The van der Waals surface area contributed by atoms with Gasteiger partial charge in [0.2, 0.25) is 0 Å². The van der Waals surface area contributed by atoms with Crippen LogP contribution in [0.1, 0.15) is 90.0 Å². The van der Waals surface area contributed by atoms with Crippen LogP contribution in [-0.2, 0) is 41.5 Å². The fourth-order valence-electron chi connectivity index (χ4n) is 5.73. The zero-order valence-corrected chi connectivity index (χ0v) is 32.5. The Bertz CT molecular complexity index is 1500. The smallest absolute Gasteiger partial charge is 0.172 e. The fourth-order valence-corrected chi connectivity index (χ4v) is 6.23. The van der Waals surface area contributed by atoms with Crippen molar-refractivity contribution in [2.45, 2.75) is 85.0 Å². The van der Waals surface area contributed by atoms with Crippen molar-refractivity contribution in [3.05, 3.63) is 138 Å². The van der Waals surface area contributed by atoms with E-state index < -0.39 is 0 Å². The summed E-state index contributed by atoms with van der Waals surface area (Å²) < 4.78 is 2.30. The van der Waals surface area contributed by atoms with E-state index in [0.29, 0.717) is 0 Å². The third-order valence-electron chi connectivity index (χ3n) is 8.08. The second-order valence-corrected chi connectivity index (χ2v) is 14.7. The van der Waals surface area contributed by atoms with Crippen LogP contribution >= 0.6 is 0 Å². The molecule has 0 N–H and O–H groups in total.